The van der Waals surface area contributed by atoms with Crippen molar-refractivity contribution >= 4 is 22.7 Å². The SMILES string of the molecule is N#CCCSc1nc2ccccc2c(=O)n1C1CCCCC1. The molecule has 114 valence electrons. The maximum atomic E-state index is 12.9. The van der Waals surface area contributed by atoms with Crippen molar-refractivity contribution in [1.29, 1.82) is 5.26 Å². The first-order valence-electron chi connectivity index (χ1n) is 7.82. The fraction of sp³-hybridized carbons (Fsp3) is 0.471. The molecule has 0 spiro atoms. The first-order chi connectivity index (χ1) is 10.8. The molecule has 4 nitrogen and oxygen atoms in total. The van der Waals surface area contributed by atoms with Gasteiger partial charge in [-0.05, 0) is 25.0 Å². The van der Waals surface area contributed by atoms with Gasteiger partial charge >= 0.3 is 0 Å². The third kappa shape index (κ3) is 3.02. The van der Waals surface area contributed by atoms with Crippen molar-refractivity contribution < 1.29 is 0 Å². The Morgan fingerprint density at radius 1 is 1.27 bits per heavy atom. The Hall–Kier alpha value is -1.80. The largest absolute Gasteiger partial charge is 0.284 e. The van der Waals surface area contributed by atoms with Gasteiger partial charge < -0.3 is 0 Å². The molecule has 5 heteroatoms. The lowest BCUT2D eigenvalue weighted by Crippen LogP contribution is -2.29. The zero-order valence-electron chi connectivity index (χ0n) is 12.5. The minimum Gasteiger partial charge on any atom is -0.284 e. The maximum absolute atomic E-state index is 12.9. The summed E-state index contributed by atoms with van der Waals surface area (Å²) in [5.74, 6) is 0.675. The van der Waals surface area contributed by atoms with Gasteiger partial charge in [-0.3, -0.25) is 9.36 Å². The molecule has 2 aromatic rings. The summed E-state index contributed by atoms with van der Waals surface area (Å²) in [4.78, 5) is 17.6. The molecule has 0 bridgehead atoms. The molecule has 0 N–H and O–H groups in total. The molecule has 0 unspecified atom stereocenters. The Labute approximate surface area is 134 Å². The van der Waals surface area contributed by atoms with E-state index in [2.05, 4.69) is 6.07 Å². The van der Waals surface area contributed by atoms with Crippen molar-refractivity contribution in [1.82, 2.24) is 9.55 Å². The molecule has 1 aliphatic carbocycles. The third-order valence-corrected chi connectivity index (χ3v) is 5.11. The van der Waals surface area contributed by atoms with Crippen LogP contribution in [0.1, 0.15) is 44.6 Å². The van der Waals surface area contributed by atoms with Gasteiger partial charge in [-0.1, -0.05) is 43.2 Å². The second-order valence-electron chi connectivity index (χ2n) is 5.64. The van der Waals surface area contributed by atoms with Gasteiger partial charge in [0.05, 0.1) is 17.0 Å². The highest BCUT2D eigenvalue weighted by Crippen LogP contribution is 2.31. The number of benzene rings is 1. The van der Waals surface area contributed by atoms with Gasteiger partial charge in [0, 0.05) is 18.2 Å². The van der Waals surface area contributed by atoms with Crippen LogP contribution in [0.25, 0.3) is 10.9 Å². The van der Waals surface area contributed by atoms with Crippen LogP contribution in [0, 0.1) is 11.3 Å². The molecule has 3 rings (SSSR count). The fourth-order valence-electron chi connectivity index (χ4n) is 3.08. The van der Waals surface area contributed by atoms with E-state index in [1.165, 1.54) is 31.0 Å². The van der Waals surface area contributed by atoms with Crippen molar-refractivity contribution in [3.05, 3.63) is 34.6 Å². The van der Waals surface area contributed by atoms with Crippen LogP contribution in [0.5, 0.6) is 0 Å². The van der Waals surface area contributed by atoms with Crippen molar-refractivity contribution in [2.75, 3.05) is 5.75 Å². The van der Waals surface area contributed by atoms with Crippen LogP contribution in [0.15, 0.2) is 34.2 Å². The topological polar surface area (TPSA) is 58.7 Å². The number of hydrogen-bond acceptors (Lipinski definition) is 4. The van der Waals surface area contributed by atoms with Crippen molar-refractivity contribution in [2.45, 2.75) is 49.7 Å². The van der Waals surface area contributed by atoms with Gasteiger partial charge in [-0.25, -0.2) is 4.98 Å². The van der Waals surface area contributed by atoms with E-state index >= 15 is 0 Å². The first-order valence-corrected chi connectivity index (χ1v) is 8.81. The quantitative estimate of drug-likeness (QED) is 0.488. The maximum Gasteiger partial charge on any atom is 0.262 e. The predicted molar refractivity (Wildman–Crippen MR) is 89.1 cm³/mol. The van der Waals surface area contributed by atoms with E-state index in [4.69, 9.17) is 10.2 Å². The lowest BCUT2D eigenvalue weighted by atomic mass is 9.95. The summed E-state index contributed by atoms with van der Waals surface area (Å²) in [6, 6.07) is 9.94. The van der Waals surface area contributed by atoms with Crippen LogP contribution < -0.4 is 5.56 Å². The average Bonchev–Trinajstić information content (AvgIpc) is 2.56. The van der Waals surface area contributed by atoms with Crippen molar-refractivity contribution in [2.24, 2.45) is 0 Å². The predicted octanol–water partition coefficient (Wildman–Crippen LogP) is 3.91. The van der Waals surface area contributed by atoms with Gasteiger partial charge in [0.1, 0.15) is 0 Å². The summed E-state index contributed by atoms with van der Waals surface area (Å²) >= 11 is 1.52. The van der Waals surface area contributed by atoms with Crippen LogP contribution >= 0.6 is 11.8 Å². The van der Waals surface area contributed by atoms with Gasteiger partial charge in [0.2, 0.25) is 0 Å². The standard InChI is InChI=1S/C17H19N3OS/c18-11-6-12-22-17-19-15-10-5-4-9-14(15)16(21)20(17)13-7-2-1-3-8-13/h4-5,9-10,13H,1-3,6-8,12H2. The molecule has 1 saturated carbocycles. The summed E-state index contributed by atoms with van der Waals surface area (Å²) in [6.07, 6.45) is 6.16. The zero-order chi connectivity index (χ0) is 15.4. The minimum absolute atomic E-state index is 0.0666. The van der Waals surface area contributed by atoms with Crippen LogP contribution in [-0.4, -0.2) is 15.3 Å². The number of fused-ring (bicyclic) bond motifs is 1. The summed E-state index contributed by atoms with van der Waals surface area (Å²) in [7, 11) is 0. The Bertz CT molecular complexity index is 757. The Balaban J connectivity index is 2.08. The molecule has 1 fully saturated rings. The average molecular weight is 313 g/mol. The zero-order valence-corrected chi connectivity index (χ0v) is 13.3. The molecular formula is C17H19N3OS. The van der Waals surface area contributed by atoms with E-state index in [0.717, 1.165) is 23.5 Å². The fourth-order valence-corrected chi connectivity index (χ4v) is 3.99. The van der Waals surface area contributed by atoms with Crippen LogP contribution in [0.3, 0.4) is 0 Å². The lowest BCUT2D eigenvalue weighted by Gasteiger charge is -2.26. The van der Waals surface area contributed by atoms with Crippen molar-refractivity contribution in [3.8, 4) is 6.07 Å². The Kier molecular flexibility index (Phi) is 4.79. The number of rotatable bonds is 4. The third-order valence-electron chi connectivity index (χ3n) is 4.16. The molecular weight excluding hydrogens is 294 g/mol. The van der Waals surface area contributed by atoms with Crippen LogP contribution in [-0.2, 0) is 0 Å². The molecule has 0 saturated heterocycles. The normalized spacial score (nSPS) is 15.8. The number of para-hydroxylation sites is 1. The monoisotopic (exact) mass is 313 g/mol. The lowest BCUT2D eigenvalue weighted by molar-refractivity contribution is 0.326. The van der Waals surface area contributed by atoms with Gasteiger partial charge in [-0.15, -0.1) is 0 Å². The molecule has 0 atom stereocenters. The molecule has 1 aliphatic rings. The number of aromatic nitrogens is 2. The second-order valence-corrected chi connectivity index (χ2v) is 6.70. The first kappa shape index (κ1) is 15.1. The summed E-state index contributed by atoms with van der Waals surface area (Å²) in [5.41, 5.74) is 0.816. The Morgan fingerprint density at radius 3 is 2.82 bits per heavy atom. The van der Waals surface area contributed by atoms with Crippen molar-refractivity contribution in [3.63, 3.8) is 0 Å². The molecule has 0 radical (unpaired) electrons. The highest BCUT2D eigenvalue weighted by Gasteiger charge is 2.21. The highest BCUT2D eigenvalue weighted by atomic mass is 32.2. The Morgan fingerprint density at radius 2 is 2.05 bits per heavy atom. The van der Waals surface area contributed by atoms with E-state index in [1.54, 1.807) is 0 Å². The van der Waals surface area contributed by atoms with E-state index in [9.17, 15) is 4.79 Å². The summed E-state index contributed by atoms with van der Waals surface area (Å²) < 4.78 is 1.89. The molecule has 1 heterocycles. The molecule has 1 aromatic heterocycles. The van der Waals surface area contributed by atoms with E-state index < -0.39 is 0 Å². The van der Waals surface area contributed by atoms with E-state index in [0.29, 0.717) is 17.6 Å². The summed E-state index contributed by atoms with van der Waals surface area (Å²) in [5, 5.41) is 10.2. The smallest absolute Gasteiger partial charge is 0.262 e. The van der Waals surface area contributed by atoms with E-state index in [1.807, 2.05) is 28.8 Å². The molecule has 1 aromatic carbocycles. The number of thioether (sulfide) groups is 1. The van der Waals surface area contributed by atoms with Gasteiger partial charge in [-0.2, -0.15) is 5.26 Å². The number of nitriles is 1. The van der Waals surface area contributed by atoms with Crippen LogP contribution in [0.4, 0.5) is 0 Å². The summed E-state index contributed by atoms with van der Waals surface area (Å²) in [6.45, 7) is 0. The number of hydrogen-bond donors (Lipinski definition) is 0. The molecule has 0 amide bonds. The van der Waals surface area contributed by atoms with Gasteiger partial charge in [0.25, 0.3) is 5.56 Å². The van der Waals surface area contributed by atoms with E-state index in [-0.39, 0.29) is 11.6 Å². The van der Waals surface area contributed by atoms with Gasteiger partial charge in [0.15, 0.2) is 5.16 Å². The number of nitrogens with zero attached hydrogens (tertiary/aromatic N) is 3. The van der Waals surface area contributed by atoms with Crippen LogP contribution in [0.2, 0.25) is 0 Å². The second kappa shape index (κ2) is 6.97. The minimum atomic E-state index is 0.0666. The highest BCUT2D eigenvalue weighted by molar-refractivity contribution is 7.99. The molecule has 22 heavy (non-hydrogen) atoms. The molecule has 0 aliphatic heterocycles.